The van der Waals surface area contributed by atoms with Crippen molar-refractivity contribution in [2.75, 3.05) is 0 Å². The molecule has 4 nitrogen and oxygen atoms in total. The van der Waals surface area contributed by atoms with Crippen molar-refractivity contribution >= 4 is 11.0 Å². The molecule has 0 spiro atoms. The molecule has 0 aliphatic rings. The van der Waals surface area contributed by atoms with Crippen molar-refractivity contribution in [3.8, 4) is 0 Å². The van der Waals surface area contributed by atoms with Crippen LogP contribution in [0.3, 0.4) is 0 Å². The number of nitrogens with one attached hydrogen (secondary N) is 1. The minimum Gasteiger partial charge on any atom is -0.310 e. The summed E-state index contributed by atoms with van der Waals surface area (Å²) in [5.41, 5.74) is 3.21. The van der Waals surface area contributed by atoms with Gasteiger partial charge in [0.1, 0.15) is 0 Å². The minimum absolute atomic E-state index is 0.510. The molecule has 2 heterocycles. The molecule has 98 valence electrons. The Hall–Kier alpha value is -1.42. The van der Waals surface area contributed by atoms with Crippen molar-refractivity contribution < 1.29 is 0 Å². The number of fused-ring (bicyclic) bond motifs is 1. The maximum atomic E-state index is 4.48. The lowest BCUT2D eigenvalue weighted by Gasteiger charge is -2.17. The summed E-state index contributed by atoms with van der Waals surface area (Å²) in [6.07, 6.45) is 1.93. The highest BCUT2D eigenvalue weighted by atomic mass is 15.3. The SMILES string of the molecule is Cc1nn(C)c2ncc(CNC(C)C(C)C)cc12. The highest BCUT2D eigenvalue weighted by Gasteiger charge is 2.09. The number of aromatic nitrogens is 3. The van der Waals surface area contributed by atoms with Crippen LogP contribution in [0.5, 0.6) is 0 Å². The molecule has 0 aliphatic heterocycles. The van der Waals surface area contributed by atoms with Gasteiger partial charge in [0.05, 0.1) is 5.69 Å². The molecule has 0 aromatic carbocycles. The van der Waals surface area contributed by atoms with E-state index in [2.05, 4.69) is 42.2 Å². The van der Waals surface area contributed by atoms with Gasteiger partial charge < -0.3 is 5.32 Å². The smallest absolute Gasteiger partial charge is 0.157 e. The van der Waals surface area contributed by atoms with Crippen LogP contribution in [0.4, 0.5) is 0 Å². The first-order chi connectivity index (χ1) is 8.49. The van der Waals surface area contributed by atoms with E-state index in [1.165, 1.54) is 5.56 Å². The van der Waals surface area contributed by atoms with E-state index < -0.39 is 0 Å². The molecule has 0 amide bonds. The van der Waals surface area contributed by atoms with Crippen LogP contribution in [-0.4, -0.2) is 20.8 Å². The molecule has 0 fully saturated rings. The van der Waals surface area contributed by atoms with Crippen LogP contribution in [0.2, 0.25) is 0 Å². The third kappa shape index (κ3) is 2.53. The summed E-state index contributed by atoms with van der Waals surface area (Å²) >= 11 is 0. The Bertz CT molecular complexity index is 542. The van der Waals surface area contributed by atoms with E-state index in [0.717, 1.165) is 23.3 Å². The van der Waals surface area contributed by atoms with Crippen molar-refractivity contribution in [2.24, 2.45) is 13.0 Å². The highest BCUT2D eigenvalue weighted by molar-refractivity contribution is 5.78. The van der Waals surface area contributed by atoms with E-state index in [-0.39, 0.29) is 0 Å². The van der Waals surface area contributed by atoms with Gasteiger partial charge in [-0.05, 0) is 31.4 Å². The molecular weight excluding hydrogens is 224 g/mol. The third-order valence-electron chi connectivity index (χ3n) is 3.55. The molecule has 0 saturated carbocycles. The van der Waals surface area contributed by atoms with Crippen LogP contribution in [0.25, 0.3) is 11.0 Å². The summed E-state index contributed by atoms with van der Waals surface area (Å²) in [7, 11) is 1.93. The highest BCUT2D eigenvalue weighted by Crippen LogP contribution is 2.16. The van der Waals surface area contributed by atoms with Gasteiger partial charge in [0, 0.05) is 31.2 Å². The van der Waals surface area contributed by atoms with Crippen molar-refractivity contribution in [3.63, 3.8) is 0 Å². The maximum absolute atomic E-state index is 4.48. The standard InChI is InChI=1S/C14H22N4/c1-9(2)10(3)15-7-12-6-13-11(4)17-18(5)14(13)16-8-12/h6,8-10,15H,7H2,1-5H3. The first kappa shape index (κ1) is 13.0. The Balaban J connectivity index is 2.18. The lowest BCUT2D eigenvalue weighted by Crippen LogP contribution is -2.30. The Labute approximate surface area is 108 Å². The Kier molecular flexibility index (Phi) is 3.66. The van der Waals surface area contributed by atoms with E-state index in [0.29, 0.717) is 12.0 Å². The van der Waals surface area contributed by atoms with E-state index >= 15 is 0 Å². The molecule has 0 saturated heterocycles. The number of pyridine rings is 1. The average Bonchev–Trinajstić information content (AvgIpc) is 2.61. The molecule has 2 aromatic rings. The fourth-order valence-corrected chi connectivity index (χ4v) is 1.96. The van der Waals surface area contributed by atoms with Crippen molar-refractivity contribution in [1.29, 1.82) is 0 Å². The van der Waals surface area contributed by atoms with E-state index in [1.54, 1.807) is 0 Å². The predicted molar refractivity (Wildman–Crippen MR) is 74.4 cm³/mol. The molecule has 1 N–H and O–H groups in total. The number of hydrogen-bond acceptors (Lipinski definition) is 3. The number of rotatable bonds is 4. The van der Waals surface area contributed by atoms with Crippen LogP contribution >= 0.6 is 0 Å². The topological polar surface area (TPSA) is 42.7 Å². The van der Waals surface area contributed by atoms with Gasteiger partial charge >= 0.3 is 0 Å². The molecule has 2 rings (SSSR count). The van der Waals surface area contributed by atoms with Crippen molar-refractivity contribution in [1.82, 2.24) is 20.1 Å². The molecule has 1 atom stereocenters. The van der Waals surface area contributed by atoms with Crippen molar-refractivity contribution in [3.05, 3.63) is 23.5 Å². The van der Waals surface area contributed by atoms with Gasteiger partial charge in [-0.25, -0.2) is 4.98 Å². The molecule has 4 heteroatoms. The lowest BCUT2D eigenvalue weighted by molar-refractivity contribution is 0.426. The van der Waals surface area contributed by atoms with Crippen LogP contribution < -0.4 is 5.32 Å². The normalized spacial score (nSPS) is 13.4. The van der Waals surface area contributed by atoms with Gasteiger partial charge in [0.15, 0.2) is 5.65 Å². The third-order valence-corrected chi connectivity index (χ3v) is 3.55. The second kappa shape index (κ2) is 5.06. The number of hydrogen-bond donors (Lipinski definition) is 1. The second-order valence-corrected chi connectivity index (χ2v) is 5.34. The molecule has 0 aliphatic carbocycles. The van der Waals surface area contributed by atoms with Crippen LogP contribution in [0, 0.1) is 12.8 Å². The Morgan fingerprint density at radius 3 is 2.72 bits per heavy atom. The first-order valence-corrected chi connectivity index (χ1v) is 6.50. The predicted octanol–water partition coefficient (Wildman–Crippen LogP) is 2.41. The van der Waals surface area contributed by atoms with Gasteiger partial charge in [-0.2, -0.15) is 5.10 Å². The van der Waals surface area contributed by atoms with Gasteiger partial charge in [-0.15, -0.1) is 0 Å². The minimum atomic E-state index is 0.510. The van der Waals surface area contributed by atoms with Crippen LogP contribution in [-0.2, 0) is 13.6 Å². The second-order valence-electron chi connectivity index (χ2n) is 5.34. The summed E-state index contributed by atoms with van der Waals surface area (Å²) < 4.78 is 1.83. The molecule has 18 heavy (non-hydrogen) atoms. The zero-order chi connectivity index (χ0) is 13.3. The zero-order valence-corrected chi connectivity index (χ0v) is 11.9. The summed E-state index contributed by atoms with van der Waals surface area (Å²) in [5.74, 6) is 0.641. The quantitative estimate of drug-likeness (QED) is 0.901. The van der Waals surface area contributed by atoms with Crippen molar-refractivity contribution in [2.45, 2.75) is 40.3 Å². The molecular formula is C14H22N4. The monoisotopic (exact) mass is 246 g/mol. The maximum Gasteiger partial charge on any atom is 0.157 e. The molecule has 2 aromatic heterocycles. The largest absolute Gasteiger partial charge is 0.310 e. The van der Waals surface area contributed by atoms with Crippen LogP contribution in [0.1, 0.15) is 32.0 Å². The van der Waals surface area contributed by atoms with E-state index in [1.807, 2.05) is 24.9 Å². The van der Waals surface area contributed by atoms with Crippen LogP contribution in [0.15, 0.2) is 12.3 Å². The van der Waals surface area contributed by atoms with Gasteiger partial charge in [-0.1, -0.05) is 13.8 Å². The Morgan fingerprint density at radius 2 is 2.06 bits per heavy atom. The molecule has 1 unspecified atom stereocenters. The molecule has 0 bridgehead atoms. The molecule has 0 radical (unpaired) electrons. The summed E-state index contributed by atoms with van der Waals surface area (Å²) in [6.45, 7) is 9.55. The van der Waals surface area contributed by atoms with Gasteiger partial charge in [0.25, 0.3) is 0 Å². The fraction of sp³-hybridized carbons (Fsp3) is 0.571. The summed E-state index contributed by atoms with van der Waals surface area (Å²) in [6, 6.07) is 2.70. The number of aryl methyl sites for hydroxylation is 2. The summed E-state index contributed by atoms with van der Waals surface area (Å²) in [4.78, 5) is 4.48. The van der Waals surface area contributed by atoms with Gasteiger partial charge in [0.2, 0.25) is 0 Å². The fourth-order valence-electron chi connectivity index (χ4n) is 1.96. The zero-order valence-electron chi connectivity index (χ0n) is 11.9. The number of nitrogens with zero attached hydrogens (tertiary/aromatic N) is 3. The first-order valence-electron chi connectivity index (χ1n) is 6.50. The lowest BCUT2D eigenvalue weighted by atomic mass is 10.1. The Morgan fingerprint density at radius 1 is 1.33 bits per heavy atom. The summed E-state index contributed by atoms with van der Waals surface area (Å²) in [5, 5.41) is 9.06. The van der Waals surface area contributed by atoms with E-state index in [9.17, 15) is 0 Å². The van der Waals surface area contributed by atoms with Gasteiger partial charge in [-0.3, -0.25) is 4.68 Å². The van der Waals surface area contributed by atoms with E-state index in [4.69, 9.17) is 0 Å². The average molecular weight is 246 g/mol.